The van der Waals surface area contributed by atoms with Gasteiger partial charge in [-0.25, -0.2) is 0 Å². The van der Waals surface area contributed by atoms with Crippen molar-refractivity contribution in [3.05, 3.63) is 107 Å². The lowest BCUT2D eigenvalue weighted by Gasteiger charge is -2.25. The molecule has 1 N–H and O–H groups in total. The van der Waals surface area contributed by atoms with Gasteiger partial charge in [-0.1, -0.05) is 60.2 Å². The highest BCUT2D eigenvalue weighted by molar-refractivity contribution is 6.46. The number of aromatic nitrogens is 1. The summed E-state index contributed by atoms with van der Waals surface area (Å²) in [6.07, 6.45) is 3.08. The molecule has 3 aromatic rings. The van der Waals surface area contributed by atoms with Gasteiger partial charge in [0.15, 0.2) is 0 Å². The highest BCUT2D eigenvalue weighted by Gasteiger charge is 2.46. The number of pyridine rings is 1. The number of Topliss-reactive ketones (excluding diaryl/α,β-unsaturated/α-hetero) is 1. The van der Waals surface area contributed by atoms with E-state index in [0.29, 0.717) is 5.56 Å². The minimum Gasteiger partial charge on any atom is -0.507 e. The van der Waals surface area contributed by atoms with Crippen molar-refractivity contribution in [2.75, 3.05) is 0 Å². The van der Waals surface area contributed by atoms with Crippen molar-refractivity contribution in [1.29, 1.82) is 0 Å². The lowest BCUT2D eigenvalue weighted by Crippen LogP contribution is -2.29. The van der Waals surface area contributed by atoms with E-state index in [0.717, 1.165) is 16.7 Å². The molecular weight excluding hydrogens is 364 g/mol. The van der Waals surface area contributed by atoms with Crippen LogP contribution in [0.5, 0.6) is 0 Å². The fraction of sp³-hybridized carbons (Fsp3) is 0.125. The molecule has 5 heteroatoms. The van der Waals surface area contributed by atoms with Crippen LogP contribution in [0, 0.1) is 6.92 Å². The molecule has 4 rings (SSSR count). The number of aryl methyl sites for hydroxylation is 1. The third-order valence-electron chi connectivity index (χ3n) is 5.08. The largest absolute Gasteiger partial charge is 0.507 e. The SMILES string of the molecule is Cc1ccc(C2C(=C(O)c3ccncc3)C(=O)C(=O)N2Cc2ccccc2)cc1. The van der Waals surface area contributed by atoms with E-state index in [4.69, 9.17) is 0 Å². The molecule has 0 saturated carbocycles. The molecule has 0 radical (unpaired) electrons. The summed E-state index contributed by atoms with van der Waals surface area (Å²) in [5.74, 6) is -1.48. The Bertz CT molecular complexity index is 1070. The highest BCUT2D eigenvalue weighted by atomic mass is 16.3. The van der Waals surface area contributed by atoms with Gasteiger partial charge >= 0.3 is 0 Å². The molecule has 5 nitrogen and oxygen atoms in total. The normalized spacial score (nSPS) is 18.2. The molecular formula is C24H20N2O3. The molecule has 1 aromatic heterocycles. The summed E-state index contributed by atoms with van der Waals surface area (Å²) >= 11 is 0. The van der Waals surface area contributed by atoms with Crippen molar-refractivity contribution in [2.24, 2.45) is 0 Å². The van der Waals surface area contributed by atoms with Crippen molar-refractivity contribution in [2.45, 2.75) is 19.5 Å². The van der Waals surface area contributed by atoms with E-state index in [9.17, 15) is 14.7 Å². The highest BCUT2D eigenvalue weighted by Crippen LogP contribution is 2.40. The van der Waals surface area contributed by atoms with Crippen LogP contribution < -0.4 is 0 Å². The predicted octanol–water partition coefficient (Wildman–Crippen LogP) is 4.01. The molecule has 0 bridgehead atoms. The molecule has 1 unspecified atom stereocenters. The van der Waals surface area contributed by atoms with Gasteiger partial charge in [0.05, 0.1) is 11.6 Å². The molecule has 1 aliphatic rings. The summed E-state index contributed by atoms with van der Waals surface area (Å²) in [6.45, 7) is 2.25. The number of ketones is 1. The fourth-order valence-corrected chi connectivity index (χ4v) is 3.58. The summed E-state index contributed by atoms with van der Waals surface area (Å²) in [5.41, 5.74) is 3.32. The van der Waals surface area contributed by atoms with E-state index in [-0.39, 0.29) is 17.9 Å². The molecule has 29 heavy (non-hydrogen) atoms. The van der Waals surface area contributed by atoms with Gasteiger partial charge < -0.3 is 10.0 Å². The maximum Gasteiger partial charge on any atom is 0.295 e. The van der Waals surface area contributed by atoms with Gasteiger partial charge in [0, 0.05) is 24.5 Å². The quantitative estimate of drug-likeness (QED) is 0.419. The Morgan fingerprint density at radius 2 is 1.62 bits per heavy atom. The fourth-order valence-electron chi connectivity index (χ4n) is 3.58. The van der Waals surface area contributed by atoms with Gasteiger partial charge in [-0.05, 0) is 30.2 Å². The second kappa shape index (κ2) is 7.72. The van der Waals surface area contributed by atoms with E-state index in [1.807, 2.05) is 61.5 Å². The smallest absolute Gasteiger partial charge is 0.295 e. The number of benzene rings is 2. The zero-order valence-corrected chi connectivity index (χ0v) is 15.9. The second-order valence-corrected chi connectivity index (χ2v) is 7.06. The summed E-state index contributed by atoms with van der Waals surface area (Å²) in [5, 5.41) is 10.9. The number of likely N-dealkylation sites (tertiary alicyclic amines) is 1. The van der Waals surface area contributed by atoms with Crippen LogP contribution in [0.3, 0.4) is 0 Å². The van der Waals surface area contributed by atoms with Crippen LogP contribution in [0.15, 0.2) is 84.7 Å². The van der Waals surface area contributed by atoms with Gasteiger partial charge in [-0.15, -0.1) is 0 Å². The van der Waals surface area contributed by atoms with E-state index in [1.165, 1.54) is 17.3 Å². The lowest BCUT2D eigenvalue weighted by atomic mass is 9.95. The van der Waals surface area contributed by atoms with Gasteiger partial charge in [-0.2, -0.15) is 0 Å². The number of aliphatic hydroxyl groups excluding tert-OH is 1. The Morgan fingerprint density at radius 3 is 2.28 bits per heavy atom. The summed E-state index contributed by atoms with van der Waals surface area (Å²) in [4.78, 5) is 31.3. The monoisotopic (exact) mass is 384 g/mol. The number of hydrogen-bond acceptors (Lipinski definition) is 4. The van der Waals surface area contributed by atoms with E-state index in [2.05, 4.69) is 4.98 Å². The van der Waals surface area contributed by atoms with Crippen LogP contribution in [0.2, 0.25) is 0 Å². The number of hydrogen-bond donors (Lipinski definition) is 1. The van der Waals surface area contributed by atoms with Crippen LogP contribution in [-0.4, -0.2) is 26.7 Å². The molecule has 1 fully saturated rings. The van der Waals surface area contributed by atoms with Gasteiger partial charge in [0.2, 0.25) is 0 Å². The molecule has 1 atom stereocenters. The Labute approximate surface area is 169 Å². The van der Waals surface area contributed by atoms with Crippen LogP contribution in [0.25, 0.3) is 5.76 Å². The average molecular weight is 384 g/mol. The number of amides is 1. The van der Waals surface area contributed by atoms with Crippen molar-refractivity contribution in [3.8, 4) is 0 Å². The molecule has 1 amide bonds. The van der Waals surface area contributed by atoms with Gasteiger partial charge in [-0.3, -0.25) is 14.6 Å². The summed E-state index contributed by atoms with van der Waals surface area (Å²) in [6, 6.07) is 19.7. The maximum absolute atomic E-state index is 12.9. The van der Waals surface area contributed by atoms with E-state index >= 15 is 0 Å². The predicted molar refractivity (Wildman–Crippen MR) is 110 cm³/mol. The minimum absolute atomic E-state index is 0.0981. The first-order valence-corrected chi connectivity index (χ1v) is 9.35. The molecule has 144 valence electrons. The first-order chi connectivity index (χ1) is 14.1. The van der Waals surface area contributed by atoms with Crippen LogP contribution in [0.1, 0.15) is 28.3 Å². The number of rotatable bonds is 4. The number of aliphatic hydroxyl groups is 1. The molecule has 1 aliphatic heterocycles. The van der Waals surface area contributed by atoms with Crippen molar-refractivity contribution >= 4 is 17.4 Å². The lowest BCUT2D eigenvalue weighted by molar-refractivity contribution is -0.140. The maximum atomic E-state index is 12.9. The number of carbonyl (C=O) groups excluding carboxylic acids is 2. The number of nitrogens with zero attached hydrogens (tertiary/aromatic N) is 2. The van der Waals surface area contributed by atoms with E-state index in [1.54, 1.807) is 12.1 Å². The third kappa shape index (κ3) is 3.55. The standard InChI is InChI=1S/C24H20N2O3/c1-16-7-9-18(10-8-16)21-20(22(27)19-11-13-25-14-12-19)23(28)24(29)26(21)15-17-5-3-2-4-6-17/h2-14,21,27H,15H2,1H3. The average Bonchev–Trinajstić information content (AvgIpc) is 3.00. The molecule has 0 aliphatic carbocycles. The Balaban J connectivity index is 1.86. The summed E-state index contributed by atoms with van der Waals surface area (Å²) in [7, 11) is 0. The van der Waals surface area contributed by atoms with Crippen molar-refractivity contribution in [3.63, 3.8) is 0 Å². The van der Waals surface area contributed by atoms with Gasteiger partial charge in [0.25, 0.3) is 11.7 Å². The first kappa shape index (κ1) is 18.6. The number of carbonyl (C=O) groups is 2. The first-order valence-electron chi connectivity index (χ1n) is 9.35. The minimum atomic E-state index is -0.680. The Kier molecular flexibility index (Phi) is 4.96. The second-order valence-electron chi connectivity index (χ2n) is 7.06. The topological polar surface area (TPSA) is 70.5 Å². The van der Waals surface area contributed by atoms with Crippen LogP contribution >= 0.6 is 0 Å². The van der Waals surface area contributed by atoms with E-state index < -0.39 is 17.7 Å². The zero-order valence-electron chi connectivity index (χ0n) is 15.9. The molecule has 2 aromatic carbocycles. The molecule has 1 saturated heterocycles. The van der Waals surface area contributed by atoms with Gasteiger partial charge in [0.1, 0.15) is 5.76 Å². The van der Waals surface area contributed by atoms with Crippen molar-refractivity contribution in [1.82, 2.24) is 9.88 Å². The molecule has 0 spiro atoms. The van der Waals surface area contributed by atoms with Crippen LogP contribution in [-0.2, 0) is 16.1 Å². The Morgan fingerprint density at radius 1 is 0.966 bits per heavy atom. The third-order valence-corrected chi connectivity index (χ3v) is 5.08. The van der Waals surface area contributed by atoms with Crippen LogP contribution in [0.4, 0.5) is 0 Å². The van der Waals surface area contributed by atoms with Crippen molar-refractivity contribution < 1.29 is 14.7 Å². The molecule has 2 heterocycles. The Hall–Kier alpha value is -3.73. The zero-order chi connectivity index (χ0) is 20.4. The summed E-state index contributed by atoms with van der Waals surface area (Å²) < 4.78 is 0.